The number of anilines is 1. The Bertz CT molecular complexity index is 790. The van der Waals surface area contributed by atoms with Gasteiger partial charge in [0.15, 0.2) is 9.84 Å². The quantitative estimate of drug-likeness (QED) is 0.939. The van der Waals surface area contributed by atoms with Crippen LogP contribution in [0.1, 0.15) is 20.8 Å². The Morgan fingerprint density at radius 2 is 1.90 bits per heavy atom. The lowest BCUT2D eigenvalue weighted by Crippen LogP contribution is -2.11. The Morgan fingerprint density at radius 3 is 2.38 bits per heavy atom. The van der Waals surface area contributed by atoms with Gasteiger partial charge in [-0.15, -0.1) is 11.3 Å². The summed E-state index contributed by atoms with van der Waals surface area (Å²) in [6.07, 6.45) is 2.60. The van der Waals surface area contributed by atoms with Crippen molar-refractivity contribution in [2.75, 3.05) is 11.6 Å². The topological polar surface area (TPSA) is 63.2 Å². The van der Waals surface area contributed by atoms with Crippen molar-refractivity contribution in [1.29, 1.82) is 0 Å². The standard InChI is InChI=1S/C15H15NO3S2/c1-4-12-10(2)13(20-15(12)21(3,18)19)14(17)16-11-8-6-5-7-9-11/h4-9H,1H2,2-3H3,(H,16,17). The highest BCUT2D eigenvalue weighted by Gasteiger charge is 2.23. The maximum Gasteiger partial charge on any atom is 0.266 e. The zero-order chi connectivity index (χ0) is 15.6. The second-order valence-electron chi connectivity index (χ2n) is 4.55. The molecule has 1 amide bonds. The number of sulfone groups is 1. The third-order valence-electron chi connectivity index (χ3n) is 2.94. The lowest BCUT2D eigenvalue weighted by molar-refractivity contribution is 0.103. The molecule has 0 atom stereocenters. The van der Waals surface area contributed by atoms with Crippen LogP contribution in [0.4, 0.5) is 5.69 Å². The first-order valence-corrected chi connectivity index (χ1v) is 8.87. The number of amides is 1. The zero-order valence-corrected chi connectivity index (χ0v) is 13.3. The van der Waals surface area contributed by atoms with Crippen molar-refractivity contribution in [2.24, 2.45) is 0 Å². The van der Waals surface area contributed by atoms with Crippen LogP contribution in [0.25, 0.3) is 6.08 Å². The highest BCUT2D eigenvalue weighted by molar-refractivity contribution is 7.92. The Morgan fingerprint density at radius 1 is 1.29 bits per heavy atom. The molecular formula is C15H15NO3S2. The Labute approximate surface area is 128 Å². The van der Waals surface area contributed by atoms with Gasteiger partial charge in [-0.05, 0) is 24.6 Å². The normalized spacial score (nSPS) is 11.1. The summed E-state index contributed by atoms with van der Waals surface area (Å²) in [7, 11) is -3.39. The molecule has 1 aromatic carbocycles. The van der Waals surface area contributed by atoms with Crippen LogP contribution >= 0.6 is 11.3 Å². The average molecular weight is 321 g/mol. The van der Waals surface area contributed by atoms with E-state index in [1.165, 1.54) is 6.08 Å². The summed E-state index contributed by atoms with van der Waals surface area (Å²) < 4.78 is 23.8. The summed E-state index contributed by atoms with van der Waals surface area (Å²) in [5, 5.41) is 2.76. The number of thiophene rings is 1. The van der Waals surface area contributed by atoms with E-state index in [-0.39, 0.29) is 10.1 Å². The minimum absolute atomic E-state index is 0.174. The third kappa shape index (κ3) is 3.22. The van der Waals surface area contributed by atoms with Gasteiger partial charge in [0.1, 0.15) is 4.21 Å². The van der Waals surface area contributed by atoms with Crippen LogP contribution in [0.15, 0.2) is 41.1 Å². The Balaban J connectivity index is 2.43. The summed E-state index contributed by atoms with van der Waals surface area (Å²) in [6.45, 7) is 5.36. The fourth-order valence-electron chi connectivity index (χ4n) is 1.94. The van der Waals surface area contributed by atoms with Gasteiger partial charge in [-0.3, -0.25) is 4.79 Å². The number of nitrogens with one attached hydrogen (secondary N) is 1. The molecule has 0 aliphatic rings. The second-order valence-corrected chi connectivity index (χ2v) is 7.79. The first-order valence-electron chi connectivity index (χ1n) is 6.17. The highest BCUT2D eigenvalue weighted by Crippen LogP contribution is 2.33. The van der Waals surface area contributed by atoms with Crippen LogP contribution in [-0.2, 0) is 9.84 Å². The lowest BCUT2D eigenvalue weighted by Gasteiger charge is -2.03. The molecule has 4 nitrogen and oxygen atoms in total. The minimum atomic E-state index is -3.39. The number of benzene rings is 1. The highest BCUT2D eigenvalue weighted by atomic mass is 32.2. The first-order chi connectivity index (χ1) is 9.84. The number of carbonyl (C=O) groups excluding carboxylic acids is 1. The summed E-state index contributed by atoms with van der Waals surface area (Å²) in [5.41, 5.74) is 1.79. The molecule has 0 fully saturated rings. The molecule has 0 spiro atoms. The van der Waals surface area contributed by atoms with E-state index >= 15 is 0 Å². The lowest BCUT2D eigenvalue weighted by atomic mass is 10.1. The molecule has 1 heterocycles. The molecule has 0 aliphatic heterocycles. The molecule has 21 heavy (non-hydrogen) atoms. The summed E-state index contributed by atoms with van der Waals surface area (Å²) >= 11 is 0.974. The smallest absolute Gasteiger partial charge is 0.266 e. The van der Waals surface area contributed by atoms with Gasteiger partial charge in [0.2, 0.25) is 0 Å². The van der Waals surface area contributed by atoms with Crippen LogP contribution in [0.2, 0.25) is 0 Å². The van der Waals surface area contributed by atoms with Gasteiger partial charge >= 0.3 is 0 Å². The number of hydrogen-bond donors (Lipinski definition) is 1. The third-order valence-corrected chi connectivity index (χ3v) is 6.09. The van der Waals surface area contributed by atoms with Crippen LogP contribution < -0.4 is 5.32 Å². The fourth-order valence-corrected chi connectivity index (χ4v) is 4.37. The van der Waals surface area contributed by atoms with Gasteiger partial charge < -0.3 is 5.32 Å². The van der Waals surface area contributed by atoms with Gasteiger partial charge in [0, 0.05) is 17.5 Å². The van der Waals surface area contributed by atoms with Crippen molar-refractivity contribution in [3.05, 3.63) is 52.9 Å². The van der Waals surface area contributed by atoms with Crippen molar-refractivity contribution in [1.82, 2.24) is 0 Å². The molecule has 0 saturated carbocycles. The number of rotatable bonds is 4. The van der Waals surface area contributed by atoms with E-state index < -0.39 is 9.84 Å². The summed E-state index contributed by atoms with van der Waals surface area (Å²) in [6, 6.07) is 9.02. The molecule has 2 rings (SSSR count). The first kappa shape index (κ1) is 15.5. The summed E-state index contributed by atoms with van der Waals surface area (Å²) in [5.74, 6) is -0.318. The maximum absolute atomic E-state index is 12.3. The zero-order valence-electron chi connectivity index (χ0n) is 11.7. The predicted octanol–water partition coefficient (Wildman–Crippen LogP) is 3.36. The van der Waals surface area contributed by atoms with Gasteiger partial charge in [0.05, 0.1) is 4.88 Å². The monoisotopic (exact) mass is 321 g/mol. The molecule has 1 N–H and O–H groups in total. The number of hydrogen-bond acceptors (Lipinski definition) is 4. The molecule has 2 aromatic rings. The molecule has 0 unspecified atom stereocenters. The molecule has 0 bridgehead atoms. The van der Waals surface area contributed by atoms with E-state index in [4.69, 9.17) is 0 Å². The van der Waals surface area contributed by atoms with Crippen molar-refractivity contribution in [3.63, 3.8) is 0 Å². The van der Waals surface area contributed by atoms with Crippen molar-refractivity contribution in [2.45, 2.75) is 11.1 Å². The van der Waals surface area contributed by atoms with Gasteiger partial charge in [-0.25, -0.2) is 8.42 Å². The van der Waals surface area contributed by atoms with Crippen molar-refractivity contribution >= 4 is 38.8 Å². The van der Waals surface area contributed by atoms with Gasteiger partial charge in [0.25, 0.3) is 5.91 Å². The van der Waals surface area contributed by atoms with E-state index in [0.717, 1.165) is 17.6 Å². The fraction of sp³-hybridized carbons (Fsp3) is 0.133. The van der Waals surface area contributed by atoms with Gasteiger partial charge in [-0.2, -0.15) is 0 Å². The van der Waals surface area contributed by atoms with E-state index in [1.54, 1.807) is 19.1 Å². The van der Waals surface area contributed by atoms with E-state index in [0.29, 0.717) is 21.7 Å². The van der Waals surface area contributed by atoms with Crippen LogP contribution in [0, 0.1) is 6.92 Å². The molecule has 6 heteroatoms. The van der Waals surface area contributed by atoms with E-state index in [1.807, 2.05) is 18.2 Å². The van der Waals surface area contributed by atoms with E-state index in [2.05, 4.69) is 11.9 Å². The molecule has 1 aromatic heterocycles. The van der Waals surface area contributed by atoms with Crippen molar-refractivity contribution in [3.8, 4) is 0 Å². The van der Waals surface area contributed by atoms with E-state index in [9.17, 15) is 13.2 Å². The number of carbonyl (C=O) groups is 1. The molecule has 0 radical (unpaired) electrons. The molecule has 0 aliphatic carbocycles. The predicted molar refractivity (Wildman–Crippen MR) is 86.7 cm³/mol. The van der Waals surface area contributed by atoms with Crippen LogP contribution in [-0.4, -0.2) is 20.6 Å². The molecule has 110 valence electrons. The SMILES string of the molecule is C=Cc1c(S(C)(=O)=O)sc(C(=O)Nc2ccccc2)c1C. The second kappa shape index (κ2) is 5.83. The minimum Gasteiger partial charge on any atom is -0.321 e. The van der Waals surface area contributed by atoms with Crippen molar-refractivity contribution < 1.29 is 13.2 Å². The Hall–Kier alpha value is -1.92. The largest absolute Gasteiger partial charge is 0.321 e. The van der Waals surface area contributed by atoms with Crippen LogP contribution in [0.5, 0.6) is 0 Å². The van der Waals surface area contributed by atoms with Gasteiger partial charge in [-0.1, -0.05) is 30.9 Å². The Kier molecular flexibility index (Phi) is 4.29. The molecule has 0 saturated heterocycles. The average Bonchev–Trinajstić information content (AvgIpc) is 2.76. The molecular weight excluding hydrogens is 306 g/mol. The maximum atomic E-state index is 12.3. The number of para-hydroxylation sites is 1. The van der Waals surface area contributed by atoms with Crippen LogP contribution in [0.3, 0.4) is 0 Å². The summed E-state index contributed by atoms with van der Waals surface area (Å²) in [4.78, 5) is 12.7.